The molecule has 1 atom stereocenters. The number of piperidine rings is 1. The normalized spacial score (nSPS) is 17.6. The van der Waals surface area contributed by atoms with Gasteiger partial charge in [0.1, 0.15) is 10.6 Å². The Morgan fingerprint density at radius 2 is 1.82 bits per heavy atom. The van der Waals surface area contributed by atoms with Gasteiger partial charge in [-0.1, -0.05) is 18.2 Å². The SMILES string of the molecule is O=C(Nc1ccc(OC(F)(F)F)cc1)[C@@H]1CCCN(S(=O)(=O)c2cccc3cccnc23)C1. The topological polar surface area (TPSA) is 88.6 Å². The number of fused-ring (bicyclic) bond motifs is 1. The largest absolute Gasteiger partial charge is 0.573 e. The van der Waals surface area contributed by atoms with Gasteiger partial charge in [0.05, 0.1) is 11.4 Å². The van der Waals surface area contributed by atoms with E-state index in [1.54, 1.807) is 24.3 Å². The molecule has 0 radical (unpaired) electrons. The molecule has 11 heteroatoms. The molecule has 33 heavy (non-hydrogen) atoms. The van der Waals surface area contributed by atoms with E-state index < -0.39 is 34.0 Å². The first-order valence-electron chi connectivity index (χ1n) is 10.1. The Morgan fingerprint density at radius 1 is 1.09 bits per heavy atom. The summed E-state index contributed by atoms with van der Waals surface area (Å²) in [7, 11) is -3.88. The first kappa shape index (κ1) is 23.0. The zero-order chi connectivity index (χ0) is 23.6. The zero-order valence-corrected chi connectivity index (χ0v) is 18.1. The number of alkyl halides is 3. The van der Waals surface area contributed by atoms with Crippen LogP contribution in [0.1, 0.15) is 12.8 Å². The van der Waals surface area contributed by atoms with Gasteiger partial charge in [-0.15, -0.1) is 13.2 Å². The van der Waals surface area contributed by atoms with E-state index in [1.165, 1.54) is 28.7 Å². The van der Waals surface area contributed by atoms with Crippen molar-refractivity contribution in [1.29, 1.82) is 0 Å². The minimum absolute atomic E-state index is 0.00729. The van der Waals surface area contributed by atoms with Crippen LogP contribution in [0.25, 0.3) is 10.9 Å². The van der Waals surface area contributed by atoms with Gasteiger partial charge in [0, 0.05) is 30.4 Å². The molecule has 0 saturated carbocycles. The highest BCUT2D eigenvalue weighted by Crippen LogP contribution is 2.29. The van der Waals surface area contributed by atoms with Crippen LogP contribution in [-0.4, -0.2) is 43.1 Å². The molecular formula is C22H20F3N3O4S. The second-order valence-electron chi connectivity index (χ2n) is 7.59. The van der Waals surface area contributed by atoms with Gasteiger partial charge in [-0.3, -0.25) is 9.78 Å². The van der Waals surface area contributed by atoms with Crippen molar-refractivity contribution in [2.24, 2.45) is 5.92 Å². The summed E-state index contributed by atoms with van der Waals surface area (Å²) in [5.41, 5.74) is 0.653. The fourth-order valence-electron chi connectivity index (χ4n) is 3.78. The minimum Gasteiger partial charge on any atom is -0.406 e. The van der Waals surface area contributed by atoms with Crippen LogP contribution >= 0.6 is 0 Å². The van der Waals surface area contributed by atoms with Crippen LogP contribution in [0.15, 0.2) is 65.7 Å². The number of ether oxygens (including phenoxy) is 1. The number of anilines is 1. The lowest BCUT2D eigenvalue weighted by atomic mass is 9.99. The standard InChI is InChI=1S/C22H20F3N3O4S/c23-22(24,25)32-18-10-8-17(9-11-18)27-21(29)16-6-3-13-28(14-16)33(30,31)19-7-1-4-15-5-2-12-26-20(15)19/h1-2,4-5,7-12,16H,3,6,13-14H2,(H,27,29)/t16-/m1/s1. The van der Waals surface area contributed by atoms with Gasteiger partial charge >= 0.3 is 6.36 Å². The molecule has 2 aromatic carbocycles. The van der Waals surface area contributed by atoms with Crippen molar-refractivity contribution in [2.75, 3.05) is 18.4 Å². The highest BCUT2D eigenvalue weighted by Gasteiger charge is 2.34. The molecule has 2 heterocycles. The maximum Gasteiger partial charge on any atom is 0.573 e. The average molecular weight is 479 g/mol. The van der Waals surface area contributed by atoms with Crippen LogP contribution in [0.5, 0.6) is 5.75 Å². The number of rotatable bonds is 5. The molecule has 4 rings (SSSR count). The molecule has 1 saturated heterocycles. The average Bonchev–Trinajstić information content (AvgIpc) is 2.79. The molecule has 0 aliphatic carbocycles. The highest BCUT2D eigenvalue weighted by molar-refractivity contribution is 7.89. The number of hydrogen-bond donors (Lipinski definition) is 1. The van der Waals surface area contributed by atoms with Crippen LogP contribution in [0.3, 0.4) is 0 Å². The smallest absolute Gasteiger partial charge is 0.406 e. The number of carbonyl (C=O) groups excluding carboxylic acids is 1. The molecule has 1 aromatic heterocycles. The van der Waals surface area contributed by atoms with Crippen molar-refractivity contribution in [3.8, 4) is 5.75 Å². The lowest BCUT2D eigenvalue weighted by molar-refractivity contribution is -0.274. The summed E-state index contributed by atoms with van der Waals surface area (Å²) in [6, 6.07) is 13.2. The number of halogens is 3. The summed E-state index contributed by atoms with van der Waals surface area (Å²) in [6.45, 7) is 0.269. The first-order chi connectivity index (χ1) is 15.6. The number of aromatic nitrogens is 1. The number of nitrogens with zero attached hydrogens (tertiary/aromatic N) is 2. The predicted molar refractivity (Wildman–Crippen MR) is 115 cm³/mol. The maximum atomic E-state index is 13.3. The van der Waals surface area contributed by atoms with Crippen LogP contribution in [0.2, 0.25) is 0 Å². The molecular weight excluding hydrogens is 459 g/mol. The maximum absolute atomic E-state index is 13.3. The molecule has 1 N–H and O–H groups in total. The number of amides is 1. The molecule has 7 nitrogen and oxygen atoms in total. The van der Waals surface area contributed by atoms with Crippen LogP contribution < -0.4 is 10.1 Å². The fraction of sp³-hybridized carbons (Fsp3) is 0.273. The number of sulfonamides is 1. The molecule has 3 aromatic rings. The van der Waals surface area contributed by atoms with Crippen LogP contribution in [-0.2, 0) is 14.8 Å². The van der Waals surface area contributed by atoms with Crippen molar-refractivity contribution in [1.82, 2.24) is 9.29 Å². The Labute approximate surface area is 188 Å². The summed E-state index contributed by atoms with van der Waals surface area (Å²) in [6.07, 6.45) is -2.30. The number of pyridine rings is 1. The van der Waals surface area contributed by atoms with E-state index in [0.717, 1.165) is 12.1 Å². The van der Waals surface area contributed by atoms with Gasteiger partial charge < -0.3 is 10.1 Å². The summed E-state index contributed by atoms with van der Waals surface area (Å²) in [5, 5.41) is 3.33. The van der Waals surface area contributed by atoms with Crippen molar-refractivity contribution in [3.05, 3.63) is 60.8 Å². The third-order valence-corrected chi connectivity index (χ3v) is 7.22. The number of carbonyl (C=O) groups is 1. The van der Waals surface area contributed by atoms with Crippen molar-refractivity contribution in [3.63, 3.8) is 0 Å². The predicted octanol–water partition coefficient (Wildman–Crippen LogP) is 4.17. The zero-order valence-electron chi connectivity index (χ0n) is 17.2. The van der Waals surface area contributed by atoms with E-state index >= 15 is 0 Å². The number of para-hydroxylation sites is 1. The number of hydrogen-bond acceptors (Lipinski definition) is 5. The summed E-state index contributed by atoms with van der Waals surface area (Å²) in [5.74, 6) is -1.42. The Kier molecular flexibility index (Phi) is 6.26. The van der Waals surface area contributed by atoms with Crippen molar-refractivity contribution in [2.45, 2.75) is 24.1 Å². The lowest BCUT2D eigenvalue weighted by Gasteiger charge is -2.31. The Bertz CT molecular complexity index is 1260. The van der Waals surface area contributed by atoms with Crippen molar-refractivity contribution < 1.29 is 31.1 Å². The Balaban J connectivity index is 1.47. The Morgan fingerprint density at radius 3 is 2.55 bits per heavy atom. The summed E-state index contributed by atoms with van der Waals surface area (Å²) < 4.78 is 68.6. The Hall–Kier alpha value is -3.18. The van der Waals surface area contributed by atoms with Gasteiger partial charge in [-0.05, 0) is 49.2 Å². The minimum atomic E-state index is -4.80. The van der Waals surface area contributed by atoms with E-state index in [2.05, 4.69) is 15.0 Å². The monoisotopic (exact) mass is 479 g/mol. The first-order valence-corrected chi connectivity index (χ1v) is 11.6. The molecule has 1 aliphatic rings. The van der Waals surface area contributed by atoms with E-state index in [1.807, 2.05) is 0 Å². The number of nitrogens with one attached hydrogen (secondary N) is 1. The van der Waals surface area contributed by atoms with Crippen molar-refractivity contribution >= 4 is 32.5 Å². The molecule has 1 amide bonds. The third-order valence-electron chi connectivity index (χ3n) is 5.32. The third kappa shape index (κ3) is 5.25. The van der Waals surface area contributed by atoms with Crippen LogP contribution in [0, 0.1) is 5.92 Å². The van der Waals surface area contributed by atoms with Gasteiger partial charge in [0.25, 0.3) is 0 Å². The second kappa shape index (κ2) is 8.99. The van der Waals surface area contributed by atoms with Gasteiger partial charge in [0.15, 0.2) is 0 Å². The lowest BCUT2D eigenvalue weighted by Crippen LogP contribution is -2.43. The second-order valence-corrected chi connectivity index (χ2v) is 9.50. The van der Waals surface area contributed by atoms with E-state index in [-0.39, 0.29) is 23.7 Å². The molecule has 1 fully saturated rings. The molecule has 1 aliphatic heterocycles. The van der Waals surface area contributed by atoms with Gasteiger partial charge in [-0.2, -0.15) is 4.31 Å². The van der Waals surface area contributed by atoms with E-state index in [9.17, 15) is 26.4 Å². The fourth-order valence-corrected chi connectivity index (χ4v) is 5.47. The summed E-state index contributed by atoms with van der Waals surface area (Å²) in [4.78, 5) is 17.0. The molecule has 0 unspecified atom stereocenters. The highest BCUT2D eigenvalue weighted by atomic mass is 32.2. The molecule has 174 valence electrons. The van der Waals surface area contributed by atoms with Crippen LogP contribution in [0.4, 0.5) is 18.9 Å². The van der Waals surface area contributed by atoms with Gasteiger partial charge in [-0.25, -0.2) is 8.42 Å². The van der Waals surface area contributed by atoms with Gasteiger partial charge in [0.2, 0.25) is 15.9 Å². The van der Waals surface area contributed by atoms with E-state index in [4.69, 9.17) is 0 Å². The number of benzene rings is 2. The quantitative estimate of drug-likeness (QED) is 0.593. The van der Waals surface area contributed by atoms with E-state index in [0.29, 0.717) is 23.7 Å². The molecule has 0 spiro atoms. The molecule has 0 bridgehead atoms. The summed E-state index contributed by atoms with van der Waals surface area (Å²) >= 11 is 0.